The van der Waals surface area contributed by atoms with E-state index in [0.717, 1.165) is 16.9 Å². The molecule has 222 valence electrons. The van der Waals surface area contributed by atoms with E-state index in [-0.39, 0.29) is 5.41 Å². The first-order chi connectivity index (χ1) is 23.1. The summed E-state index contributed by atoms with van der Waals surface area (Å²) in [5, 5.41) is 4.99. The lowest BCUT2D eigenvalue weighted by molar-refractivity contribution is 0.664. The van der Waals surface area contributed by atoms with Crippen molar-refractivity contribution in [3.63, 3.8) is 0 Å². The van der Waals surface area contributed by atoms with E-state index < -0.39 is 0 Å². The van der Waals surface area contributed by atoms with Crippen LogP contribution in [0.4, 0.5) is 0 Å². The van der Waals surface area contributed by atoms with Crippen LogP contribution in [0.1, 0.15) is 25.0 Å². The van der Waals surface area contributed by atoms with Gasteiger partial charge < -0.3 is 9.13 Å². The molecule has 3 nitrogen and oxygen atoms in total. The van der Waals surface area contributed by atoms with Crippen LogP contribution in [-0.4, -0.2) is 14.1 Å². The van der Waals surface area contributed by atoms with Gasteiger partial charge in [-0.2, -0.15) is 0 Å². The van der Waals surface area contributed by atoms with Crippen molar-refractivity contribution < 1.29 is 0 Å². The Labute approximate surface area is 273 Å². The van der Waals surface area contributed by atoms with E-state index in [1.165, 1.54) is 71.6 Å². The van der Waals surface area contributed by atoms with Gasteiger partial charge in [-0.3, -0.25) is 4.98 Å². The highest BCUT2D eigenvalue weighted by Crippen LogP contribution is 2.53. The number of hydrogen-bond acceptors (Lipinski definition) is 1. The average molecular weight is 602 g/mol. The zero-order valence-corrected chi connectivity index (χ0v) is 26.3. The fourth-order valence-electron chi connectivity index (χ4n) is 8.26. The molecule has 0 aliphatic heterocycles. The minimum Gasteiger partial charge on any atom is -0.309 e. The predicted molar refractivity (Wildman–Crippen MR) is 196 cm³/mol. The van der Waals surface area contributed by atoms with E-state index in [4.69, 9.17) is 0 Å². The van der Waals surface area contributed by atoms with Gasteiger partial charge in [0.1, 0.15) is 0 Å². The Hall–Kier alpha value is -5.93. The first-order valence-electron chi connectivity index (χ1n) is 16.3. The van der Waals surface area contributed by atoms with Gasteiger partial charge in [-0.05, 0) is 82.9 Å². The third-order valence-electron chi connectivity index (χ3n) is 10.3. The van der Waals surface area contributed by atoms with Gasteiger partial charge in [0.15, 0.2) is 0 Å². The normalized spacial score (nSPS) is 13.5. The molecule has 0 bridgehead atoms. The molecule has 3 heterocycles. The average Bonchev–Trinajstić information content (AvgIpc) is 3.70. The van der Waals surface area contributed by atoms with Crippen LogP contribution in [0.3, 0.4) is 0 Å². The number of aromatic nitrogens is 3. The summed E-state index contributed by atoms with van der Waals surface area (Å²) in [5.41, 5.74) is 14.6. The fraction of sp³-hybridized carbons (Fsp3) is 0.0682. The van der Waals surface area contributed by atoms with Gasteiger partial charge in [0.05, 0.1) is 27.8 Å². The predicted octanol–water partition coefficient (Wildman–Crippen LogP) is 11.2. The maximum atomic E-state index is 4.69. The van der Waals surface area contributed by atoms with E-state index >= 15 is 0 Å². The minimum atomic E-state index is -0.144. The van der Waals surface area contributed by atoms with E-state index in [1.54, 1.807) is 0 Å². The summed E-state index contributed by atoms with van der Waals surface area (Å²) in [6.07, 6.45) is 1.87. The largest absolute Gasteiger partial charge is 0.309 e. The highest BCUT2D eigenvalue weighted by atomic mass is 15.0. The van der Waals surface area contributed by atoms with Gasteiger partial charge in [-0.1, -0.05) is 98.8 Å². The lowest BCUT2D eigenvalue weighted by atomic mass is 9.81. The van der Waals surface area contributed by atoms with Crippen molar-refractivity contribution >= 4 is 43.6 Å². The molecule has 6 aromatic carbocycles. The molecule has 0 radical (unpaired) electrons. The molecule has 1 aliphatic rings. The standard InChI is InChI=1S/C44H31N3/c1-44(2)37-18-10-9-17-31(37)32-21-22-33-35-26-40-36(27-41(35)47(43(33)42(32)44)30-15-7-4-8-16-30)34-25-28(38-19-11-12-24-45-38)20-23-39(34)46(40)29-13-5-3-6-14-29/h3-27H,1-2H3. The summed E-state index contributed by atoms with van der Waals surface area (Å²) >= 11 is 0. The molecular weight excluding hydrogens is 571 g/mol. The second kappa shape index (κ2) is 9.54. The highest BCUT2D eigenvalue weighted by molar-refractivity contribution is 6.20. The zero-order valence-electron chi connectivity index (χ0n) is 26.3. The second-order valence-electron chi connectivity index (χ2n) is 13.2. The number of para-hydroxylation sites is 2. The zero-order chi connectivity index (χ0) is 31.3. The molecule has 10 rings (SSSR count). The molecule has 3 aromatic heterocycles. The SMILES string of the molecule is CC1(C)c2ccccc2-c2ccc3c4cc5c(cc4n(-c4ccccc4)c3c21)c1cc(-c2ccccn2)ccc1n5-c1ccccc1. The summed E-state index contributed by atoms with van der Waals surface area (Å²) in [6.45, 7) is 4.77. The van der Waals surface area contributed by atoms with Crippen LogP contribution >= 0.6 is 0 Å². The van der Waals surface area contributed by atoms with Crippen LogP contribution in [-0.2, 0) is 5.41 Å². The van der Waals surface area contributed by atoms with Gasteiger partial charge in [-0.15, -0.1) is 0 Å². The summed E-state index contributed by atoms with van der Waals surface area (Å²) in [7, 11) is 0. The smallest absolute Gasteiger partial charge is 0.0702 e. The van der Waals surface area contributed by atoms with Crippen LogP contribution in [0, 0.1) is 0 Å². The lowest BCUT2D eigenvalue weighted by Gasteiger charge is -2.23. The minimum absolute atomic E-state index is 0.144. The maximum Gasteiger partial charge on any atom is 0.0702 e. The van der Waals surface area contributed by atoms with Crippen molar-refractivity contribution in [2.24, 2.45) is 0 Å². The summed E-state index contributed by atoms with van der Waals surface area (Å²) in [5.74, 6) is 0. The molecule has 0 spiro atoms. The molecule has 0 atom stereocenters. The molecule has 1 aliphatic carbocycles. The van der Waals surface area contributed by atoms with Gasteiger partial charge in [-0.25, -0.2) is 0 Å². The summed E-state index contributed by atoms with van der Waals surface area (Å²) < 4.78 is 4.94. The molecule has 0 fully saturated rings. The maximum absolute atomic E-state index is 4.69. The first kappa shape index (κ1) is 26.3. The fourth-order valence-corrected chi connectivity index (χ4v) is 8.26. The van der Waals surface area contributed by atoms with Crippen molar-refractivity contribution in [3.05, 3.63) is 163 Å². The third-order valence-corrected chi connectivity index (χ3v) is 10.3. The molecule has 0 saturated carbocycles. The Morgan fingerprint density at radius 1 is 0.489 bits per heavy atom. The molecule has 0 saturated heterocycles. The first-order valence-corrected chi connectivity index (χ1v) is 16.3. The number of rotatable bonds is 3. The Morgan fingerprint density at radius 3 is 1.87 bits per heavy atom. The number of fused-ring (bicyclic) bond motifs is 10. The van der Waals surface area contributed by atoms with E-state index in [2.05, 4.69) is 167 Å². The highest BCUT2D eigenvalue weighted by Gasteiger charge is 2.38. The van der Waals surface area contributed by atoms with E-state index in [9.17, 15) is 0 Å². The Kier molecular flexibility index (Phi) is 5.34. The van der Waals surface area contributed by atoms with Crippen molar-refractivity contribution in [2.45, 2.75) is 19.3 Å². The molecule has 9 aromatic rings. The van der Waals surface area contributed by atoms with E-state index in [0.29, 0.717) is 0 Å². The van der Waals surface area contributed by atoms with Gasteiger partial charge >= 0.3 is 0 Å². The van der Waals surface area contributed by atoms with E-state index in [1.807, 2.05) is 12.3 Å². The lowest BCUT2D eigenvalue weighted by Crippen LogP contribution is -2.16. The quantitative estimate of drug-likeness (QED) is 0.198. The summed E-state index contributed by atoms with van der Waals surface area (Å²) in [4.78, 5) is 4.69. The Balaban J connectivity index is 1.39. The number of hydrogen-bond donors (Lipinski definition) is 0. The summed E-state index contributed by atoms with van der Waals surface area (Å²) in [6, 6.07) is 53.0. The number of pyridine rings is 1. The molecule has 0 amide bonds. The van der Waals surface area contributed by atoms with Crippen molar-refractivity contribution in [3.8, 4) is 33.8 Å². The monoisotopic (exact) mass is 601 g/mol. The number of benzene rings is 6. The van der Waals surface area contributed by atoms with Crippen LogP contribution in [0.25, 0.3) is 77.4 Å². The van der Waals surface area contributed by atoms with Crippen LogP contribution < -0.4 is 0 Å². The Bertz CT molecular complexity index is 2680. The van der Waals surface area contributed by atoms with Gasteiger partial charge in [0, 0.05) is 50.1 Å². The molecular formula is C44H31N3. The van der Waals surface area contributed by atoms with Crippen LogP contribution in [0.2, 0.25) is 0 Å². The van der Waals surface area contributed by atoms with Gasteiger partial charge in [0.2, 0.25) is 0 Å². The molecule has 3 heteroatoms. The second-order valence-corrected chi connectivity index (χ2v) is 13.2. The van der Waals surface area contributed by atoms with Gasteiger partial charge in [0.25, 0.3) is 0 Å². The topological polar surface area (TPSA) is 22.8 Å². The van der Waals surface area contributed by atoms with Crippen molar-refractivity contribution in [1.29, 1.82) is 0 Å². The third kappa shape index (κ3) is 3.60. The number of nitrogens with zero attached hydrogens (tertiary/aromatic N) is 3. The van der Waals surface area contributed by atoms with Crippen molar-refractivity contribution in [2.75, 3.05) is 0 Å². The Morgan fingerprint density at radius 2 is 1.13 bits per heavy atom. The van der Waals surface area contributed by atoms with Crippen molar-refractivity contribution in [1.82, 2.24) is 14.1 Å². The molecule has 0 unspecified atom stereocenters. The van der Waals surface area contributed by atoms with Crippen LogP contribution in [0.5, 0.6) is 0 Å². The molecule has 47 heavy (non-hydrogen) atoms. The van der Waals surface area contributed by atoms with Crippen LogP contribution in [0.15, 0.2) is 152 Å². The molecule has 0 N–H and O–H groups in total.